The van der Waals surface area contributed by atoms with E-state index >= 15 is 0 Å². The van der Waals surface area contributed by atoms with Crippen molar-refractivity contribution in [1.82, 2.24) is 9.78 Å². The number of hydrogen-bond donors (Lipinski definition) is 1. The van der Waals surface area contributed by atoms with Gasteiger partial charge in [0.15, 0.2) is 6.10 Å². The first-order valence-corrected chi connectivity index (χ1v) is 5.06. The van der Waals surface area contributed by atoms with Crippen molar-refractivity contribution in [2.75, 3.05) is 0 Å². The molecule has 0 saturated carbocycles. The van der Waals surface area contributed by atoms with Crippen molar-refractivity contribution in [3.63, 3.8) is 0 Å². The average Bonchev–Trinajstić information content (AvgIpc) is 2.87. The second-order valence-electron chi connectivity index (χ2n) is 3.40. The Bertz CT molecular complexity index is 406. The number of aromatic nitrogens is 2. The van der Waals surface area contributed by atoms with E-state index in [1.54, 1.807) is 29.3 Å². The van der Waals surface area contributed by atoms with Gasteiger partial charge in [-0.05, 0) is 24.6 Å². The highest BCUT2D eigenvalue weighted by Crippen LogP contribution is 2.21. The van der Waals surface area contributed by atoms with Crippen molar-refractivity contribution in [3.8, 4) is 0 Å². The fraction of sp³-hybridized carbons (Fsp3) is 0.364. The molecule has 1 atom stereocenters. The molecular weight excluding hydrogens is 192 g/mol. The molecule has 0 amide bonds. The Morgan fingerprint density at radius 1 is 1.53 bits per heavy atom. The summed E-state index contributed by atoms with van der Waals surface area (Å²) in [5.74, 6) is 0.549. The summed E-state index contributed by atoms with van der Waals surface area (Å²) < 4.78 is 6.96. The van der Waals surface area contributed by atoms with Crippen LogP contribution in [0.15, 0.2) is 35.1 Å². The lowest BCUT2D eigenvalue weighted by atomic mass is 10.2. The van der Waals surface area contributed by atoms with Crippen LogP contribution < -0.4 is 0 Å². The summed E-state index contributed by atoms with van der Waals surface area (Å²) in [6, 6.07) is 5.33. The lowest BCUT2D eigenvalue weighted by Gasteiger charge is -2.10. The minimum Gasteiger partial charge on any atom is -0.466 e. The van der Waals surface area contributed by atoms with E-state index in [1.165, 1.54) is 0 Å². The number of hydrogen-bond acceptors (Lipinski definition) is 3. The molecule has 0 saturated heterocycles. The molecule has 0 spiro atoms. The van der Waals surface area contributed by atoms with Gasteiger partial charge < -0.3 is 9.52 Å². The van der Waals surface area contributed by atoms with Crippen LogP contribution in [-0.2, 0) is 6.54 Å². The molecule has 0 aliphatic carbocycles. The third kappa shape index (κ3) is 1.94. The topological polar surface area (TPSA) is 51.2 Å². The monoisotopic (exact) mass is 206 g/mol. The minimum absolute atomic E-state index is 0.549. The van der Waals surface area contributed by atoms with Gasteiger partial charge in [-0.2, -0.15) is 5.10 Å². The minimum atomic E-state index is -0.728. The first-order chi connectivity index (χ1) is 7.33. The van der Waals surface area contributed by atoms with Gasteiger partial charge in [-0.15, -0.1) is 0 Å². The third-order valence-corrected chi connectivity index (χ3v) is 2.28. The maximum atomic E-state index is 10.0. The van der Waals surface area contributed by atoms with E-state index in [2.05, 4.69) is 12.0 Å². The molecule has 2 aromatic heterocycles. The van der Waals surface area contributed by atoms with E-state index in [4.69, 9.17) is 4.42 Å². The molecule has 0 aliphatic heterocycles. The molecule has 0 aromatic carbocycles. The smallest absolute Gasteiger partial charge is 0.153 e. The van der Waals surface area contributed by atoms with Gasteiger partial charge in [0.05, 0.1) is 12.0 Å². The Morgan fingerprint density at radius 3 is 3.07 bits per heavy atom. The summed E-state index contributed by atoms with van der Waals surface area (Å²) in [6.45, 7) is 2.88. The first-order valence-electron chi connectivity index (χ1n) is 5.06. The first kappa shape index (κ1) is 9.98. The fourth-order valence-electron chi connectivity index (χ4n) is 1.57. The fourth-order valence-corrected chi connectivity index (χ4v) is 1.57. The number of furan rings is 1. The van der Waals surface area contributed by atoms with E-state index in [0.29, 0.717) is 5.76 Å². The SMILES string of the molecule is CCCn1nccc1C(O)c1ccco1. The number of aryl methyl sites for hydroxylation is 1. The number of aliphatic hydroxyl groups excluding tert-OH is 1. The van der Waals surface area contributed by atoms with Crippen LogP contribution in [0.25, 0.3) is 0 Å². The summed E-state index contributed by atoms with van der Waals surface area (Å²) in [5, 5.41) is 14.2. The summed E-state index contributed by atoms with van der Waals surface area (Å²) >= 11 is 0. The highest BCUT2D eigenvalue weighted by atomic mass is 16.4. The van der Waals surface area contributed by atoms with Gasteiger partial charge in [-0.3, -0.25) is 4.68 Å². The molecule has 1 N–H and O–H groups in total. The second-order valence-corrected chi connectivity index (χ2v) is 3.40. The van der Waals surface area contributed by atoms with E-state index in [9.17, 15) is 5.11 Å². The van der Waals surface area contributed by atoms with Crippen molar-refractivity contribution in [2.24, 2.45) is 0 Å². The molecule has 0 fully saturated rings. The molecule has 1 unspecified atom stereocenters. The molecule has 0 bridgehead atoms. The quantitative estimate of drug-likeness (QED) is 0.832. The second kappa shape index (κ2) is 4.31. The van der Waals surface area contributed by atoms with Crippen LogP contribution in [0.2, 0.25) is 0 Å². The van der Waals surface area contributed by atoms with Gasteiger partial charge in [0.25, 0.3) is 0 Å². The van der Waals surface area contributed by atoms with Gasteiger partial charge in [0, 0.05) is 12.7 Å². The predicted molar refractivity (Wildman–Crippen MR) is 55.3 cm³/mol. The zero-order valence-corrected chi connectivity index (χ0v) is 8.63. The third-order valence-electron chi connectivity index (χ3n) is 2.28. The van der Waals surface area contributed by atoms with E-state index in [0.717, 1.165) is 18.7 Å². The van der Waals surface area contributed by atoms with Crippen molar-refractivity contribution in [3.05, 3.63) is 42.1 Å². The maximum Gasteiger partial charge on any atom is 0.153 e. The van der Waals surface area contributed by atoms with Crippen molar-refractivity contribution in [2.45, 2.75) is 26.0 Å². The van der Waals surface area contributed by atoms with Crippen LogP contribution in [0.1, 0.15) is 30.9 Å². The molecule has 4 heteroatoms. The van der Waals surface area contributed by atoms with Crippen LogP contribution in [0.3, 0.4) is 0 Å². The molecule has 4 nitrogen and oxygen atoms in total. The Morgan fingerprint density at radius 2 is 2.40 bits per heavy atom. The lowest BCUT2D eigenvalue weighted by molar-refractivity contribution is 0.178. The highest BCUT2D eigenvalue weighted by molar-refractivity contribution is 5.16. The molecule has 80 valence electrons. The normalized spacial score (nSPS) is 12.9. The molecule has 15 heavy (non-hydrogen) atoms. The van der Waals surface area contributed by atoms with Crippen molar-refractivity contribution >= 4 is 0 Å². The summed E-state index contributed by atoms with van der Waals surface area (Å²) in [5.41, 5.74) is 0.770. The summed E-state index contributed by atoms with van der Waals surface area (Å²) in [7, 11) is 0. The van der Waals surface area contributed by atoms with Gasteiger partial charge in [-0.25, -0.2) is 0 Å². The molecule has 0 aliphatic rings. The lowest BCUT2D eigenvalue weighted by Crippen LogP contribution is -2.09. The number of aliphatic hydroxyl groups is 1. The zero-order chi connectivity index (χ0) is 10.7. The van der Waals surface area contributed by atoms with Crippen LogP contribution in [0.4, 0.5) is 0 Å². The van der Waals surface area contributed by atoms with E-state index < -0.39 is 6.10 Å². The number of nitrogens with zero attached hydrogens (tertiary/aromatic N) is 2. The molecule has 2 aromatic rings. The van der Waals surface area contributed by atoms with Gasteiger partial charge in [0.1, 0.15) is 5.76 Å². The van der Waals surface area contributed by atoms with E-state index in [1.807, 2.05) is 6.07 Å². The molecular formula is C11H14N2O2. The van der Waals surface area contributed by atoms with Gasteiger partial charge in [-0.1, -0.05) is 6.92 Å². The standard InChI is InChI=1S/C11H14N2O2/c1-2-7-13-9(5-6-12-13)11(14)10-4-3-8-15-10/h3-6,8,11,14H,2,7H2,1H3. The largest absolute Gasteiger partial charge is 0.466 e. The molecule has 2 heterocycles. The van der Waals surface area contributed by atoms with Gasteiger partial charge in [0.2, 0.25) is 0 Å². The summed E-state index contributed by atoms with van der Waals surface area (Å²) in [6.07, 6.45) is 3.50. The Hall–Kier alpha value is -1.55. The Balaban J connectivity index is 2.25. The zero-order valence-electron chi connectivity index (χ0n) is 8.63. The Labute approximate surface area is 88.1 Å². The Kier molecular flexibility index (Phi) is 2.87. The average molecular weight is 206 g/mol. The maximum absolute atomic E-state index is 10.0. The van der Waals surface area contributed by atoms with Crippen LogP contribution >= 0.6 is 0 Å². The predicted octanol–water partition coefficient (Wildman–Crippen LogP) is 1.97. The van der Waals surface area contributed by atoms with Crippen molar-refractivity contribution < 1.29 is 9.52 Å². The molecule has 2 rings (SSSR count). The highest BCUT2D eigenvalue weighted by Gasteiger charge is 2.17. The van der Waals surface area contributed by atoms with Crippen molar-refractivity contribution in [1.29, 1.82) is 0 Å². The van der Waals surface area contributed by atoms with Crippen LogP contribution in [0, 0.1) is 0 Å². The van der Waals surface area contributed by atoms with Crippen LogP contribution in [0.5, 0.6) is 0 Å². The van der Waals surface area contributed by atoms with Crippen LogP contribution in [-0.4, -0.2) is 14.9 Å². The molecule has 0 radical (unpaired) electrons. The summed E-state index contributed by atoms with van der Waals surface area (Å²) in [4.78, 5) is 0. The number of rotatable bonds is 4. The van der Waals surface area contributed by atoms with E-state index in [-0.39, 0.29) is 0 Å². The van der Waals surface area contributed by atoms with Gasteiger partial charge >= 0.3 is 0 Å².